The number of carbonyl (C=O) groups excluding carboxylic acids is 1. The van der Waals surface area contributed by atoms with Gasteiger partial charge in [-0.15, -0.1) is 0 Å². The van der Waals surface area contributed by atoms with Crippen molar-refractivity contribution in [3.8, 4) is 0 Å². The van der Waals surface area contributed by atoms with E-state index in [0.717, 1.165) is 31.8 Å². The minimum atomic E-state index is -0.134. The minimum absolute atomic E-state index is 0.134. The number of hydrogen-bond donors (Lipinski definition) is 1. The fraction of sp³-hybridized carbons (Fsp3) is 0.615. The predicted molar refractivity (Wildman–Crippen MR) is 67.8 cm³/mol. The molecule has 4 nitrogen and oxygen atoms in total. The Bertz CT molecular complexity index is 318. The molecular formula is C13H22N2O2. The van der Waals surface area contributed by atoms with Crippen LogP contribution in [0.3, 0.4) is 0 Å². The van der Waals surface area contributed by atoms with Crippen molar-refractivity contribution >= 4 is 5.91 Å². The second-order valence-corrected chi connectivity index (χ2v) is 4.02. The summed E-state index contributed by atoms with van der Waals surface area (Å²) >= 11 is 0. The van der Waals surface area contributed by atoms with E-state index in [1.807, 2.05) is 37.8 Å². The van der Waals surface area contributed by atoms with Gasteiger partial charge in [-0.25, -0.2) is 0 Å². The lowest BCUT2D eigenvalue weighted by Crippen LogP contribution is -2.45. The van der Waals surface area contributed by atoms with Gasteiger partial charge in [-0.05, 0) is 32.9 Å². The second-order valence-electron chi connectivity index (χ2n) is 4.02. The number of carbonyl (C=O) groups is 1. The van der Waals surface area contributed by atoms with Crippen molar-refractivity contribution in [2.24, 2.45) is 0 Å². The second kappa shape index (κ2) is 7.12. The van der Waals surface area contributed by atoms with Crippen molar-refractivity contribution in [2.75, 3.05) is 19.6 Å². The molecule has 1 amide bonds. The summed E-state index contributed by atoms with van der Waals surface area (Å²) in [5.74, 6) is 1.11. The number of amides is 1. The number of furan rings is 1. The van der Waals surface area contributed by atoms with Crippen LogP contribution >= 0.6 is 0 Å². The van der Waals surface area contributed by atoms with E-state index in [1.54, 1.807) is 6.26 Å². The zero-order valence-electron chi connectivity index (χ0n) is 10.9. The Morgan fingerprint density at radius 1 is 1.47 bits per heavy atom. The molecule has 1 N–H and O–H groups in total. The quantitative estimate of drug-likeness (QED) is 0.786. The van der Waals surface area contributed by atoms with Crippen LogP contribution in [0, 0.1) is 0 Å². The molecule has 96 valence electrons. The molecule has 1 heterocycles. The monoisotopic (exact) mass is 238 g/mol. The van der Waals surface area contributed by atoms with Gasteiger partial charge in [-0.3, -0.25) is 4.79 Å². The normalized spacial score (nSPS) is 12.4. The van der Waals surface area contributed by atoms with E-state index in [-0.39, 0.29) is 11.9 Å². The first kappa shape index (κ1) is 13.8. The Kier molecular flexibility index (Phi) is 5.77. The molecule has 1 aromatic heterocycles. The van der Waals surface area contributed by atoms with Crippen molar-refractivity contribution in [3.05, 3.63) is 24.2 Å². The number of nitrogens with one attached hydrogen (secondary N) is 1. The largest absolute Gasteiger partial charge is 0.469 e. The molecule has 0 aromatic carbocycles. The van der Waals surface area contributed by atoms with Gasteiger partial charge in [0.2, 0.25) is 5.91 Å². The molecule has 0 aliphatic carbocycles. The van der Waals surface area contributed by atoms with Gasteiger partial charge < -0.3 is 14.6 Å². The SMILES string of the molecule is CCN(CC)C(=O)C(C)NCCc1ccco1. The van der Waals surface area contributed by atoms with E-state index in [1.165, 1.54) is 0 Å². The van der Waals surface area contributed by atoms with Crippen LogP contribution in [-0.4, -0.2) is 36.5 Å². The van der Waals surface area contributed by atoms with Gasteiger partial charge in [0.1, 0.15) is 5.76 Å². The van der Waals surface area contributed by atoms with Crippen molar-refractivity contribution in [1.29, 1.82) is 0 Å². The minimum Gasteiger partial charge on any atom is -0.469 e. The Morgan fingerprint density at radius 3 is 2.71 bits per heavy atom. The first-order chi connectivity index (χ1) is 8.19. The van der Waals surface area contributed by atoms with E-state index in [2.05, 4.69) is 5.32 Å². The molecule has 0 bridgehead atoms. The lowest BCUT2D eigenvalue weighted by molar-refractivity contribution is -0.132. The third kappa shape index (κ3) is 4.23. The molecule has 1 atom stereocenters. The average Bonchev–Trinajstić information content (AvgIpc) is 2.83. The van der Waals surface area contributed by atoms with Gasteiger partial charge in [0, 0.05) is 26.1 Å². The molecule has 0 saturated carbocycles. The van der Waals surface area contributed by atoms with Crippen LogP contribution in [-0.2, 0) is 11.2 Å². The van der Waals surface area contributed by atoms with Crippen LogP contribution in [0.15, 0.2) is 22.8 Å². The van der Waals surface area contributed by atoms with Gasteiger partial charge in [0.05, 0.1) is 12.3 Å². The standard InChI is InChI=1S/C13H22N2O2/c1-4-15(5-2)13(16)11(3)14-9-8-12-7-6-10-17-12/h6-7,10-11,14H,4-5,8-9H2,1-3H3. The molecule has 0 aliphatic rings. The number of hydrogen-bond acceptors (Lipinski definition) is 3. The van der Waals surface area contributed by atoms with Crippen LogP contribution < -0.4 is 5.32 Å². The summed E-state index contributed by atoms with van der Waals surface area (Å²) in [6, 6.07) is 3.68. The summed E-state index contributed by atoms with van der Waals surface area (Å²) < 4.78 is 5.23. The van der Waals surface area contributed by atoms with Gasteiger partial charge in [0.25, 0.3) is 0 Å². The molecule has 0 saturated heterocycles. The van der Waals surface area contributed by atoms with E-state index in [0.29, 0.717) is 0 Å². The molecule has 17 heavy (non-hydrogen) atoms. The fourth-order valence-electron chi connectivity index (χ4n) is 1.76. The molecule has 1 aromatic rings. The Hall–Kier alpha value is -1.29. The Morgan fingerprint density at radius 2 is 2.18 bits per heavy atom. The van der Waals surface area contributed by atoms with Gasteiger partial charge in [-0.1, -0.05) is 0 Å². The van der Waals surface area contributed by atoms with E-state index < -0.39 is 0 Å². The predicted octanol–water partition coefficient (Wildman–Crippen LogP) is 1.67. The zero-order chi connectivity index (χ0) is 12.7. The zero-order valence-corrected chi connectivity index (χ0v) is 10.9. The highest BCUT2D eigenvalue weighted by Crippen LogP contribution is 2.00. The summed E-state index contributed by atoms with van der Waals surface area (Å²) in [7, 11) is 0. The smallest absolute Gasteiger partial charge is 0.239 e. The highest BCUT2D eigenvalue weighted by molar-refractivity contribution is 5.81. The number of likely N-dealkylation sites (N-methyl/N-ethyl adjacent to an activating group) is 1. The van der Waals surface area contributed by atoms with Crippen LogP contribution in [0.5, 0.6) is 0 Å². The number of nitrogens with zero attached hydrogens (tertiary/aromatic N) is 1. The molecule has 0 aliphatic heterocycles. The summed E-state index contributed by atoms with van der Waals surface area (Å²) in [4.78, 5) is 13.8. The summed E-state index contributed by atoms with van der Waals surface area (Å²) in [5.41, 5.74) is 0. The maximum Gasteiger partial charge on any atom is 0.239 e. The number of rotatable bonds is 7. The third-order valence-electron chi connectivity index (χ3n) is 2.85. The van der Waals surface area contributed by atoms with E-state index in [4.69, 9.17) is 4.42 Å². The first-order valence-electron chi connectivity index (χ1n) is 6.23. The van der Waals surface area contributed by atoms with Crippen molar-refractivity contribution in [3.63, 3.8) is 0 Å². The molecule has 1 rings (SSSR count). The van der Waals surface area contributed by atoms with Crippen LogP contribution in [0.2, 0.25) is 0 Å². The Labute approximate surface area is 103 Å². The summed E-state index contributed by atoms with van der Waals surface area (Å²) in [6.07, 6.45) is 2.47. The average molecular weight is 238 g/mol. The first-order valence-corrected chi connectivity index (χ1v) is 6.23. The van der Waals surface area contributed by atoms with Crippen molar-refractivity contribution in [2.45, 2.75) is 33.2 Å². The van der Waals surface area contributed by atoms with E-state index in [9.17, 15) is 4.79 Å². The van der Waals surface area contributed by atoms with Gasteiger partial charge >= 0.3 is 0 Å². The van der Waals surface area contributed by atoms with Crippen LogP contribution in [0.4, 0.5) is 0 Å². The van der Waals surface area contributed by atoms with Crippen LogP contribution in [0.25, 0.3) is 0 Å². The van der Waals surface area contributed by atoms with Crippen molar-refractivity contribution in [1.82, 2.24) is 10.2 Å². The maximum absolute atomic E-state index is 11.9. The van der Waals surface area contributed by atoms with Gasteiger partial charge in [0.15, 0.2) is 0 Å². The lowest BCUT2D eigenvalue weighted by atomic mass is 10.2. The molecule has 0 spiro atoms. The topological polar surface area (TPSA) is 45.5 Å². The molecule has 0 radical (unpaired) electrons. The maximum atomic E-state index is 11.9. The van der Waals surface area contributed by atoms with Crippen molar-refractivity contribution < 1.29 is 9.21 Å². The third-order valence-corrected chi connectivity index (χ3v) is 2.85. The Balaban J connectivity index is 2.28. The van der Waals surface area contributed by atoms with E-state index >= 15 is 0 Å². The molecular weight excluding hydrogens is 216 g/mol. The molecule has 0 fully saturated rings. The fourth-order valence-corrected chi connectivity index (χ4v) is 1.76. The van der Waals surface area contributed by atoms with Gasteiger partial charge in [-0.2, -0.15) is 0 Å². The highest BCUT2D eigenvalue weighted by Gasteiger charge is 2.16. The lowest BCUT2D eigenvalue weighted by Gasteiger charge is -2.23. The van der Waals surface area contributed by atoms with Crippen LogP contribution in [0.1, 0.15) is 26.5 Å². The molecule has 4 heteroatoms. The summed E-state index contributed by atoms with van der Waals surface area (Å²) in [6.45, 7) is 8.18. The highest BCUT2D eigenvalue weighted by atomic mass is 16.3. The summed E-state index contributed by atoms with van der Waals surface area (Å²) in [5, 5.41) is 3.22. The molecule has 1 unspecified atom stereocenters.